The molecule has 27 heavy (non-hydrogen) atoms. The fraction of sp³-hybridized carbons (Fsp3) is 0.450. The van der Waals surface area contributed by atoms with Gasteiger partial charge in [0, 0.05) is 44.5 Å². The topological polar surface area (TPSA) is 76.6 Å². The van der Waals surface area contributed by atoms with Gasteiger partial charge in [0.05, 0.1) is 6.61 Å². The van der Waals surface area contributed by atoms with Gasteiger partial charge in [0.25, 0.3) is 0 Å². The van der Waals surface area contributed by atoms with Crippen molar-refractivity contribution in [3.05, 3.63) is 47.3 Å². The summed E-state index contributed by atoms with van der Waals surface area (Å²) < 4.78 is 10.7. The smallest absolute Gasteiger partial charge is 0.325 e. The second-order valence-corrected chi connectivity index (χ2v) is 6.73. The molecular formula is C20H26N4O3. The van der Waals surface area contributed by atoms with Crippen LogP contribution in [0.15, 0.2) is 30.6 Å². The van der Waals surface area contributed by atoms with E-state index >= 15 is 0 Å². The molecule has 0 saturated carbocycles. The molecule has 2 aromatic rings. The number of ether oxygens (including phenoxy) is 2. The van der Waals surface area contributed by atoms with Crippen LogP contribution in [0.3, 0.4) is 0 Å². The Morgan fingerprint density at radius 2 is 2.04 bits per heavy atom. The number of aromatic nitrogens is 2. The SMILES string of the molecule is CCOC(=O)CN(C)c1ncc(CNCc2ccc3c(c2)C[C@@H](C)O3)cn1. The fourth-order valence-electron chi connectivity index (χ4n) is 3.04. The number of carbonyl (C=O) groups is 1. The Morgan fingerprint density at radius 3 is 2.78 bits per heavy atom. The van der Waals surface area contributed by atoms with Crippen molar-refractivity contribution < 1.29 is 14.3 Å². The van der Waals surface area contributed by atoms with E-state index in [4.69, 9.17) is 9.47 Å². The normalized spacial score (nSPS) is 15.1. The maximum Gasteiger partial charge on any atom is 0.325 e. The number of hydrogen-bond acceptors (Lipinski definition) is 7. The van der Waals surface area contributed by atoms with Gasteiger partial charge in [0.2, 0.25) is 5.95 Å². The average Bonchev–Trinajstić information content (AvgIpc) is 3.01. The van der Waals surface area contributed by atoms with Crippen molar-refractivity contribution in [1.29, 1.82) is 0 Å². The Hall–Kier alpha value is -2.67. The van der Waals surface area contributed by atoms with Crippen LogP contribution in [0.5, 0.6) is 5.75 Å². The van der Waals surface area contributed by atoms with Gasteiger partial charge in [-0.05, 0) is 31.0 Å². The fourth-order valence-corrected chi connectivity index (χ4v) is 3.04. The predicted molar refractivity (Wildman–Crippen MR) is 103 cm³/mol. The minimum atomic E-state index is -0.288. The van der Waals surface area contributed by atoms with E-state index < -0.39 is 0 Å². The number of likely N-dealkylation sites (N-methyl/N-ethyl adjacent to an activating group) is 1. The van der Waals surface area contributed by atoms with Gasteiger partial charge in [-0.3, -0.25) is 4.79 Å². The number of nitrogens with zero attached hydrogens (tertiary/aromatic N) is 3. The van der Waals surface area contributed by atoms with Crippen molar-refractivity contribution in [3.63, 3.8) is 0 Å². The van der Waals surface area contributed by atoms with E-state index in [1.807, 2.05) is 6.07 Å². The first kappa shape index (κ1) is 19.1. The van der Waals surface area contributed by atoms with Gasteiger partial charge in [0.1, 0.15) is 18.4 Å². The molecule has 0 spiro atoms. The molecule has 0 aliphatic carbocycles. The van der Waals surface area contributed by atoms with E-state index in [1.165, 1.54) is 11.1 Å². The van der Waals surface area contributed by atoms with Gasteiger partial charge in [-0.25, -0.2) is 9.97 Å². The molecule has 1 aliphatic rings. The zero-order valence-electron chi connectivity index (χ0n) is 16.1. The summed E-state index contributed by atoms with van der Waals surface area (Å²) in [5, 5.41) is 3.41. The Labute approximate surface area is 159 Å². The highest BCUT2D eigenvalue weighted by molar-refractivity contribution is 5.74. The molecule has 0 bridgehead atoms. The molecule has 0 fully saturated rings. The Kier molecular flexibility index (Phi) is 6.24. The molecule has 1 atom stereocenters. The van der Waals surface area contributed by atoms with Crippen LogP contribution < -0.4 is 15.0 Å². The lowest BCUT2D eigenvalue weighted by Crippen LogP contribution is -2.28. The molecular weight excluding hydrogens is 344 g/mol. The monoisotopic (exact) mass is 370 g/mol. The number of benzene rings is 1. The zero-order valence-corrected chi connectivity index (χ0v) is 16.1. The van der Waals surface area contributed by atoms with E-state index in [1.54, 1.807) is 31.3 Å². The summed E-state index contributed by atoms with van der Waals surface area (Å²) in [4.78, 5) is 21.8. The molecule has 144 valence electrons. The number of carbonyl (C=O) groups excluding carboxylic acids is 1. The van der Waals surface area contributed by atoms with Crippen molar-refractivity contribution in [2.75, 3.05) is 25.1 Å². The van der Waals surface area contributed by atoms with Gasteiger partial charge < -0.3 is 19.7 Å². The van der Waals surface area contributed by atoms with Crippen LogP contribution >= 0.6 is 0 Å². The molecule has 1 aromatic heterocycles. The Morgan fingerprint density at radius 1 is 1.30 bits per heavy atom. The summed E-state index contributed by atoms with van der Waals surface area (Å²) in [6.07, 6.45) is 4.78. The minimum Gasteiger partial charge on any atom is -0.490 e. The van der Waals surface area contributed by atoms with Crippen molar-refractivity contribution in [3.8, 4) is 5.75 Å². The summed E-state index contributed by atoms with van der Waals surface area (Å²) in [6.45, 7) is 5.82. The Bertz CT molecular complexity index is 779. The van der Waals surface area contributed by atoms with Crippen LogP contribution in [0, 0.1) is 0 Å². The second kappa shape index (κ2) is 8.81. The van der Waals surface area contributed by atoms with Crippen LogP contribution in [0.2, 0.25) is 0 Å². The minimum absolute atomic E-state index is 0.131. The number of esters is 1. The molecule has 3 rings (SSSR count). The molecule has 2 heterocycles. The molecule has 0 saturated heterocycles. The summed E-state index contributed by atoms with van der Waals surface area (Å²) in [6, 6.07) is 6.34. The molecule has 7 heteroatoms. The van der Waals surface area contributed by atoms with E-state index in [9.17, 15) is 4.79 Å². The summed E-state index contributed by atoms with van der Waals surface area (Å²) in [5.41, 5.74) is 3.50. The average molecular weight is 370 g/mol. The molecule has 0 amide bonds. The highest BCUT2D eigenvalue weighted by Gasteiger charge is 2.18. The molecule has 1 aromatic carbocycles. The maximum absolute atomic E-state index is 11.5. The predicted octanol–water partition coefficient (Wildman–Crippen LogP) is 2.09. The van der Waals surface area contributed by atoms with E-state index in [-0.39, 0.29) is 18.6 Å². The number of nitrogens with one attached hydrogen (secondary N) is 1. The molecule has 1 N–H and O–H groups in total. The quantitative estimate of drug-likeness (QED) is 0.713. The first-order valence-corrected chi connectivity index (χ1v) is 9.22. The highest BCUT2D eigenvalue weighted by Crippen LogP contribution is 2.29. The number of anilines is 1. The number of fused-ring (bicyclic) bond motifs is 1. The van der Waals surface area contributed by atoms with Crippen molar-refractivity contribution in [2.24, 2.45) is 0 Å². The van der Waals surface area contributed by atoms with Crippen molar-refractivity contribution >= 4 is 11.9 Å². The summed E-state index contributed by atoms with van der Waals surface area (Å²) in [7, 11) is 1.77. The van der Waals surface area contributed by atoms with Gasteiger partial charge >= 0.3 is 5.97 Å². The van der Waals surface area contributed by atoms with Crippen LogP contribution in [0.4, 0.5) is 5.95 Å². The third-order valence-corrected chi connectivity index (χ3v) is 4.32. The number of rotatable bonds is 8. The molecule has 0 unspecified atom stereocenters. The summed E-state index contributed by atoms with van der Waals surface area (Å²) >= 11 is 0. The van der Waals surface area contributed by atoms with Gasteiger partial charge in [0.15, 0.2) is 0 Å². The van der Waals surface area contributed by atoms with Crippen LogP contribution in [-0.4, -0.2) is 42.2 Å². The Balaban J connectivity index is 1.48. The van der Waals surface area contributed by atoms with Crippen molar-refractivity contribution in [2.45, 2.75) is 39.5 Å². The molecule has 0 radical (unpaired) electrons. The molecule has 1 aliphatic heterocycles. The van der Waals surface area contributed by atoms with Crippen LogP contribution in [0.1, 0.15) is 30.5 Å². The van der Waals surface area contributed by atoms with Crippen LogP contribution in [0.25, 0.3) is 0 Å². The van der Waals surface area contributed by atoms with Gasteiger partial charge in [-0.1, -0.05) is 12.1 Å². The van der Waals surface area contributed by atoms with Crippen molar-refractivity contribution in [1.82, 2.24) is 15.3 Å². The third kappa shape index (κ3) is 5.17. The van der Waals surface area contributed by atoms with E-state index in [2.05, 4.69) is 34.3 Å². The van der Waals surface area contributed by atoms with E-state index in [0.29, 0.717) is 19.1 Å². The standard InChI is InChI=1S/C20H26N4O3/c1-4-26-19(25)13-24(3)20-22-11-16(12-23-20)10-21-9-15-5-6-18-17(8-15)7-14(2)27-18/h5-6,8,11-12,14,21H,4,7,9-10,13H2,1-3H3/t14-/m1/s1. The van der Waals surface area contributed by atoms with Crippen LogP contribution in [-0.2, 0) is 29.0 Å². The van der Waals surface area contributed by atoms with E-state index in [0.717, 1.165) is 24.3 Å². The summed E-state index contributed by atoms with van der Waals surface area (Å²) in [5.74, 6) is 1.21. The lowest BCUT2D eigenvalue weighted by molar-refractivity contribution is -0.141. The molecule has 7 nitrogen and oxygen atoms in total. The second-order valence-electron chi connectivity index (χ2n) is 6.73. The number of hydrogen-bond donors (Lipinski definition) is 1. The first-order valence-electron chi connectivity index (χ1n) is 9.22. The maximum atomic E-state index is 11.5. The van der Waals surface area contributed by atoms with Gasteiger partial charge in [-0.2, -0.15) is 0 Å². The lowest BCUT2D eigenvalue weighted by Gasteiger charge is -2.15. The third-order valence-electron chi connectivity index (χ3n) is 4.32. The lowest BCUT2D eigenvalue weighted by atomic mass is 10.1. The first-order chi connectivity index (χ1) is 13.0. The largest absolute Gasteiger partial charge is 0.490 e. The van der Waals surface area contributed by atoms with Gasteiger partial charge in [-0.15, -0.1) is 0 Å². The zero-order chi connectivity index (χ0) is 19.2. The highest BCUT2D eigenvalue weighted by atomic mass is 16.5.